The quantitative estimate of drug-likeness (QED) is 0.591. The molecule has 3 aliphatic rings. The molecule has 2 N–H and O–H groups in total. The number of anilines is 3. The van der Waals surface area contributed by atoms with Gasteiger partial charge in [-0.05, 0) is 64.3 Å². The lowest BCUT2D eigenvalue weighted by Crippen LogP contribution is -2.55. The molecule has 3 atom stereocenters. The zero-order valence-corrected chi connectivity index (χ0v) is 20.8. The van der Waals surface area contributed by atoms with Crippen LogP contribution in [0, 0.1) is 17.1 Å². The average Bonchev–Trinajstić information content (AvgIpc) is 3.35. The maximum Gasteiger partial charge on any atom is 0.229 e. The van der Waals surface area contributed by atoms with Crippen LogP contribution in [0.3, 0.4) is 0 Å². The number of benzene rings is 1. The normalized spacial score (nSPS) is 25.6. The number of hydrogen-bond acceptors (Lipinski definition) is 9. The summed E-state index contributed by atoms with van der Waals surface area (Å²) in [6, 6.07) is 7.96. The van der Waals surface area contributed by atoms with Gasteiger partial charge in [-0.2, -0.15) is 10.2 Å². The van der Waals surface area contributed by atoms with Crippen LogP contribution in [0.1, 0.15) is 45.1 Å². The molecule has 4 heterocycles. The van der Waals surface area contributed by atoms with Crippen molar-refractivity contribution >= 4 is 17.5 Å². The van der Waals surface area contributed by atoms with E-state index in [-0.39, 0.29) is 29.5 Å². The third-order valence-electron chi connectivity index (χ3n) is 7.21. The minimum absolute atomic E-state index is 0.0648. The van der Waals surface area contributed by atoms with Crippen molar-refractivity contribution in [3.8, 4) is 11.8 Å². The van der Waals surface area contributed by atoms with E-state index in [1.165, 1.54) is 19.0 Å². The second-order valence-corrected chi connectivity index (χ2v) is 10.3. The monoisotopic (exact) mass is 496 g/mol. The van der Waals surface area contributed by atoms with Gasteiger partial charge in [-0.1, -0.05) is 0 Å². The SMILES string of the molecule is CC1(C)C[C@H](Nc2nc(Nc3ccc(OCC4COCCO4)c(C#N)c3)ncc2F)C[C@@H]2CCCN21. The Morgan fingerprint density at radius 2 is 2.22 bits per heavy atom. The predicted octanol–water partition coefficient (Wildman–Crippen LogP) is 3.84. The first-order valence-corrected chi connectivity index (χ1v) is 12.6. The molecular formula is C26H33FN6O3. The highest BCUT2D eigenvalue weighted by atomic mass is 19.1. The molecule has 2 aromatic rings. The van der Waals surface area contributed by atoms with Gasteiger partial charge in [0.05, 0.1) is 31.6 Å². The Morgan fingerprint density at radius 3 is 3.03 bits per heavy atom. The van der Waals surface area contributed by atoms with E-state index in [1.54, 1.807) is 18.2 Å². The third kappa shape index (κ3) is 5.53. The topological polar surface area (TPSA) is 105 Å². The number of halogens is 1. The average molecular weight is 497 g/mol. The number of aromatic nitrogens is 2. The molecule has 0 bridgehead atoms. The van der Waals surface area contributed by atoms with E-state index in [9.17, 15) is 9.65 Å². The highest BCUT2D eigenvalue weighted by molar-refractivity contribution is 5.61. The van der Waals surface area contributed by atoms with Crippen molar-refractivity contribution in [2.75, 3.05) is 43.6 Å². The molecule has 1 unspecified atom stereocenters. The van der Waals surface area contributed by atoms with Gasteiger partial charge in [-0.15, -0.1) is 0 Å². The number of ether oxygens (including phenoxy) is 3. The van der Waals surface area contributed by atoms with Crippen molar-refractivity contribution in [1.82, 2.24) is 14.9 Å². The number of nitrogens with one attached hydrogen (secondary N) is 2. The summed E-state index contributed by atoms with van der Waals surface area (Å²) in [5.74, 6) is 0.416. The third-order valence-corrected chi connectivity index (χ3v) is 7.21. The van der Waals surface area contributed by atoms with Gasteiger partial charge in [0.15, 0.2) is 11.6 Å². The Balaban J connectivity index is 1.25. The molecule has 1 aromatic carbocycles. The van der Waals surface area contributed by atoms with Crippen molar-refractivity contribution < 1.29 is 18.6 Å². The van der Waals surface area contributed by atoms with Crippen LogP contribution < -0.4 is 15.4 Å². The van der Waals surface area contributed by atoms with Crippen LogP contribution in [0.15, 0.2) is 24.4 Å². The van der Waals surface area contributed by atoms with Crippen LogP contribution >= 0.6 is 0 Å². The molecular weight excluding hydrogens is 463 g/mol. The van der Waals surface area contributed by atoms with Crippen LogP contribution in [-0.4, -0.2) is 71.6 Å². The Hall–Kier alpha value is -3.00. The molecule has 3 fully saturated rings. The molecule has 192 valence electrons. The minimum atomic E-state index is -0.484. The molecule has 3 saturated heterocycles. The van der Waals surface area contributed by atoms with Crippen LogP contribution in [0.4, 0.5) is 21.8 Å². The van der Waals surface area contributed by atoms with Crippen LogP contribution in [-0.2, 0) is 9.47 Å². The summed E-state index contributed by atoms with van der Waals surface area (Å²) in [6.07, 6.45) is 5.30. The summed E-state index contributed by atoms with van der Waals surface area (Å²) >= 11 is 0. The van der Waals surface area contributed by atoms with Gasteiger partial charge >= 0.3 is 0 Å². The molecule has 1 aromatic heterocycles. The smallest absolute Gasteiger partial charge is 0.229 e. The molecule has 36 heavy (non-hydrogen) atoms. The zero-order chi connectivity index (χ0) is 25.1. The molecule has 0 saturated carbocycles. The van der Waals surface area contributed by atoms with Crippen molar-refractivity contribution in [2.24, 2.45) is 0 Å². The first-order valence-electron chi connectivity index (χ1n) is 12.6. The first-order chi connectivity index (χ1) is 17.4. The van der Waals surface area contributed by atoms with Crippen molar-refractivity contribution in [3.63, 3.8) is 0 Å². The predicted molar refractivity (Wildman–Crippen MR) is 133 cm³/mol. The summed E-state index contributed by atoms with van der Waals surface area (Å²) in [7, 11) is 0. The van der Waals surface area contributed by atoms with Gasteiger partial charge in [0.2, 0.25) is 5.95 Å². The standard InChI is InChI=1S/C26H33FN6O3/c1-26(2)12-19(11-20-4-3-7-33(20)26)30-24-22(27)14-29-25(32-24)31-18-5-6-23(17(10-18)13-28)36-16-21-15-34-8-9-35-21/h5-6,10,14,19-21H,3-4,7-9,11-12,15-16H2,1-2H3,(H2,29,30,31,32)/t19-,20+,21?/m1/s1. The second kappa shape index (κ2) is 10.5. The summed E-state index contributed by atoms with van der Waals surface area (Å²) < 4.78 is 31.4. The van der Waals surface area contributed by atoms with E-state index in [4.69, 9.17) is 14.2 Å². The van der Waals surface area contributed by atoms with Gasteiger partial charge in [-0.3, -0.25) is 4.90 Å². The first kappa shape index (κ1) is 24.7. The fraction of sp³-hybridized carbons (Fsp3) is 0.577. The molecule has 0 amide bonds. The summed E-state index contributed by atoms with van der Waals surface area (Å²) in [6.45, 7) is 7.55. The lowest BCUT2D eigenvalue weighted by atomic mass is 9.84. The van der Waals surface area contributed by atoms with E-state index >= 15 is 0 Å². The van der Waals surface area contributed by atoms with Crippen molar-refractivity contribution in [2.45, 2.75) is 63.3 Å². The lowest BCUT2D eigenvalue weighted by Gasteiger charge is -2.47. The summed E-state index contributed by atoms with van der Waals surface area (Å²) in [5.41, 5.74) is 1.03. The molecule has 0 aliphatic carbocycles. The molecule has 9 nitrogen and oxygen atoms in total. The van der Waals surface area contributed by atoms with Crippen molar-refractivity contribution in [3.05, 3.63) is 35.8 Å². The van der Waals surface area contributed by atoms with E-state index in [1.807, 2.05) is 0 Å². The fourth-order valence-corrected chi connectivity index (χ4v) is 5.61. The lowest BCUT2D eigenvalue weighted by molar-refractivity contribution is -0.101. The maximum atomic E-state index is 14.6. The number of nitriles is 1. The van der Waals surface area contributed by atoms with Gasteiger partial charge in [0, 0.05) is 23.3 Å². The maximum absolute atomic E-state index is 14.6. The van der Waals surface area contributed by atoms with E-state index in [2.05, 4.69) is 45.4 Å². The number of rotatable bonds is 7. The minimum Gasteiger partial charge on any atom is -0.489 e. The van der Waals surface area contributed by atoms with E-state index < -0.39 is 5.82 Å². The van der Waals surface area contributed by atoms with Crippen molar-refractivity contribution in [1.29, 1.82) is 5.26 Å². The Labute approximate surface area is 211 Å². The van der Waals surface area contributed by atoms with Crippen LogP contribution in [0.25, 0.3) is 0 Å². The van der Waals surface area contributed by atoms with Gasteiger partial charge < -0.3 is 24.8 Å². The molecule has 10 heteroatoms. The number of piperidine rings is 1. The number of hydrogen-bond donors (Lipinski definition) is 2. The second-order valence-electron chi connectivity index (χ2n) is 10.3. The molecule has 5 rings (SSSR count). The zero-order valence-electron chi connectivity index (χ0n) is 20.8. The summed E-state index contributed by atoms with van der Waals surface area (Å²) in [4.78, 5) is 11.1. The number of nitrogens with zero attached hydrogens (tertiary/aromatic N) is 4. The molecule has 0 spiro atoms. The van der Waals surface area contributed by atoms with Gasteiger partial charge in [0.1, 0.15) is 24.5 Å². The Morgan fingerprint density at radius 1 is 1.33 bits per heavy atom. The highest BCUT2D eigenvalue weighted by Crippen LogP contribution is 2.38. The van der Waals surface area contributed by atoms with Gasteiger partial charge in [0.25, 0.3) is 0 Å². The van der Waals surface area contributed by atoms with E-state index in [0.29, 0.717) is 49.5 Å². The summed E-state index contributed by atoms with van der Waals surface area (Å²) in [5, 5.41) is 16.0. The molecule has 3 aliphatic heterocycles. The highest BCUT2D eigenvalue weighted by Gasteiger charge is 2.43. The van der Waals surface area contributed by atoms with Gasteiger partial charge in [-0.25, -0.2) is 9.37 Å². The molecule has 0 radical (unpaired) electrons. The van der Waals surface area contributed by atoms with Crippen LogP contribution in [0.2, 0.25) is 0 Å². The number of fused-ring (bicyclic) bond motifs is 1. The van der Waals surface area contributed by atoms with E-state index in [0.717, 1.165) is 19.4 Å². The Bertz CT molecular complexity index is 1120. The fourth-order valence-electron chi connectivity index (χ4n) is 5.61. The van der Waals surface area contributed by atoms with Crippen LogP contribution in [0.5, 0.6) is 5.75 Å². The Kier molecular flexibility index (Phi) is 7.23. The largest absolute Gasteiger partial charge is 0.489 e.